The highest BCUT2D eigenvalue weighted by atomic mass is 15.0. The maximum Gasteiger partial charge on any atom is 0.164 e. The molecule has 312 valence electrons. The Hall–Kier alpha value is -8.99. The molecule has 0 aliphatic carbocycles. The molecule has 0 unspecified atom stereocenters. The summed E-state index contributed by atoms with van der Waals surface area (Å²) in [4.78, 5) is 16.2. The third-order valence-corrected chi connectivity index (χ3v) is 13.2. The quantitative estimate of drug-likeness (QED) is 0.160. The lowest BCUT2D eigenvalue weighted by Gasteiger charge is -2.25. The van der Waals surface area contributed by atoms with Crippen LogP contribution in [0.2, 0.25) is 0 Å². The van der Waals surface area contributed by atoms with E-state index in [9.17, 15) is 0 Å². The van der Waals surface area contributed by atoms with E-state index in [0.29, 0.717) is 17.5 Å². The zero-order valence-electron chi connectivity index (χ0n) is 36.4. The van der Waals surface area contributed by atoms with E-state index >= 15 is 0 Å². The molecule has 67 heavy (non-hydrogen) atoms. The number of aromatic nitrogens is 4. The minimum atomic E-state index is 0.593. The van der Waals surface area contributed by atoms with Crippen LogP contribution in [0.1, 0.15) is 0 Å². The molecule has 0 fully saturated rings. The van der Waals surface area contributed by atoms with Gasteiger partial charge in [0, 0.05) is 49.5 Å². The number of nitrogens with zero attached hydrogens (tertiary/aromatic N) is 4. The third kappa shape index (κ3) is 6.57. The molecule has 0 saturated carbocycles. The van der Waals surface area contributed by atoms with E-state index in [0.717, 1.165) is 77.6 Å². The van der Waals surface area contributed by atoms with Crippen molar-refractivity contribution in [3.05, 3.63) is 243 Å². The average molecular weight is 853 g/mol. The largest absolute Gasteiger partial charge is 0.307 e. The van der Waals surface area contributed by atoms with E-state index in [1.54, 1.807) is 0 Å². The number of benzene rings is 11. The van der Waals surface area contributed by atoms with Gasteiger partial charge in [-0.3, -0.25) is 0 Å². The fourth-order valence-electron chi connectivity index (χ4n) is 10.1. The standard InChI is InChI=1S/C63H40N4/c1-5-20-42(21-6-1)53-40-55(63-65-61(46-27-11-4-12-28-46)64-62(66-63)50-34-33-41-19-13-14-29-47(41)37-50)57(44-23-7-2-8-24-44)58(45-25-9-3-10-26-45)60(53)67-56-39-49-31-16-15-30-48(49)38-54(56)52-36-35-43-22-17-18-32-51(43)59(52)67/h1-40H. The lowest BCUT2D eigenvalue weighted by Crippen LogP contribution is -2.07. The summed E-state index contributed by atoms with van der Waals surface area (Å²) in [6.45, 7) is 0. The van der Waals surface area contributed by atoms with Crippen LogP contribution in [0.25, 0.3) is 127 Å². The summed E-state index contributed by atoms with van der Waals surface area (Å²) in [5.41, 5.74) is 12.5. The van der Waals surface area contributed by atoms with Gasteiger partial charge in [0.2, 0.25) is 0 Å². The van der Waals surface area contributed by atoms with Gasteiger partial charge in [-0.1, -0.05) is 218 Å². The van der Waals surface area contributed by atoms with Crippen LogP contribution in [0.4, 0.5) is 0 Å². The Labute approximate surface area is 387 Å². The first-order chi connectivity index (χ1) is 33.2. The normalized spacial score (nSPS) is 11.6. The molecule has 13 aromatic rings. The Bertz CT molecular complexity index is 4010. The topological polar surface area (TPSA) is 43.6 Å². The first kappa shape index (κ1) is 38.5. The van der Waals surface area contributed by atoms with Gasteiger partial charge in [0.1, 0.15) is 0 Å². The summed E-state index contributed by atoms with van der Waals surface area (Å²) >= 11 is 0. The van der Waals surface area contributed by atoms with Crippen molar-refractivity contribution in [2.45, 2.75) is 0 Å². The molecular formula is C63H40N4. The van der Waals surface area contributed by atoms with Crippen molar-refractivity contribution in [1.29, 1.82) is 0 Å². The van der Waals surface area contributed by atoms with Gasteiger partial charge >= 0.3 is 0 Å². The lowest BCUT2D eigenvalue weighted by atomic mass is 9.84. The third-order valence-electron chi connectivity index (χ3n) is 13.2. The Morgan fingerprint density at radius 3 is 1.43 bits per heavy atom. The van der Waals surface area contributed by atoms with Crippen molar-refractivity contribution in [3.63, 3.8) is 0 Å². The summed E-state index contributed by atoms with van der Waals surface area (Å²) in [5.74, 6) is 1.82. The van der Waals surface area contributed by atoms with Gasteiger partial charge < -0.3 is 4.57 Å². The molecule has 13 rings (SSSR count). The molecule has 0 spiro atoms. The first-order valence-electron chi connectivity index (χ1n) is 22.8. The molecule has 0 aliphatic rings. The SMILES string of the molecule is c1ccc(-c2nc(-c3ccc4ccccc4c3)nc(-c3cc(-c4ccccc4)c(-n4c5cc6ccccc6cc5c5ccc6ccccc6c54)c(-c4ccccc4)c3-c3ccccc3)n2)cc1. The fourth-order valence-corrected chi connectivity index (χ4v) is 10.1. The zero-order chi connectivity index (χ0) is 44.3. The van der Waals surface area contributed by atoms with Crippen molar-refractivity contribution in [3.8, 4) is 73.2 Å². The van der Waals surface area contributed by atoms with Gasteiger partial charge in [-0.15, -0.1) is 0 Å². The number of hydrogen-bond donors (Lipinski definition) is 0. The van der Waals surface area contributed by atoms with Crippen LogP contribution in [0.3, 0.4) is 0 Å². The van der Waals surface area contributed by atoms with E-state index < -0.39 is 0 Å². The second kappa shape index (κ2) is 15.9. The molecule has 0 amide bonds. The maximum absolute atomic E-state index is 5.50. The van der Waals surface area contributed by atoms with Crippen LogP contribution < -0.4 is 0 Å². The van der Waals surface area contributed by atoms with Gasteiger partial charge in [-0.05, 0) is 67.9 Å². The van der Waals surface area contributed by atoms with Gasteiger partial charge in [0.05, 0.1) is 16.7 Å². The highest BCUT2D eigenvalue weighted by Gasteiger charge is 2.29. The Balaban J connectivity index is 1.24. The van der Waals surface area contributed by atoms with Gasteiger partial charge in [-0.25, -0.2) is 15.0 Å². The fraction of sp³-hybridized carbons (Fsp3) is 0. The van der Waals surface area contributed by atoms with E-state index in [1.165, 1.54) is 32.3 Å². The molecule has 0 radical (unpaired) electrons. The van der Waals surface area contributed by atoms with Crippen LogP contribution in [-0.2, 0) is 0 Å². The zero-order valence-corrected chi connectivity index (χ0v) is 36.4. The molecule has 2 aromatic heterocycles. The minimum Gasteiger partial charge on any atom is -0.307 e. The summed E-state index contributed by atoms with van der Waals surface area (Å²) in [7, 11) is 0. The predicted octanol–water partition coefficient (Wildman–Crippen LogP) is 16.4. The van der Waals surface area contributed by atoms with E-state index in [2.05, 4.69) is 229 Å². The Morgan fingerprint density at radius 2 is 0.761 bits per heavy atom. The second-order valence-electron chi connectivity index (χ2n) is 17.1. The molecule has 0 N–H and O–H groups in total. The summed E-state index contributed by atoms with van der Waals surface area (Å²) in [5, 5.41) is 9.46. The molecule has 0 bridgehead atoms. The van der Waals surface area contributed by atoms with Crippen molar-refractivity contribution in [2.24, 2.45) is 0 Å². The van der Waals surface area contributed by atoms with Crippen LogP contribution >= 0.6 is 0 Å². The van der Waals surface area contributed by atoms with Crippen molar-refractivity contribution in [2.75, 3.05) is 0 Å². The molecule has 0 saturated heterocycles. The average Bonchev–Trinajstić information content (AvgIpc) is 3.73. The lowest BCUT2D eigenvalue weighted by molar-refractivity contribution is 1.07. The van der Waals surface area contributed by atoms with Crippen LogP contribution in [-0.4, -0.2) is 19.5 Å². The number of fused-ring (bicyclic) bond motifs is 7. The predicted molar refractivity (Wildman–Crippen MR) is 279 cm³/mol. The van der Waals surface area contributed by atoms with Gasteiger partial charge in [-0.2, -0.15) is 0 Å². The summed E-state index contributed by atoms with van der Waals surface area (Å²) in [6, 6.07) is 86.8. The van der Waals surface area contributed by atoms with Crippen LogP contribution in [0.5, 0.6) is 0 Å². The molecule has 0 aliphatic heterocycles. The summed E-state index contributed by atoms with van der Waals surface area (Å²) < 4.78 is 2.56. The van der Waals surface area contributed by atoms with Crippen molar-refractivity contribution >= 4 is 54.1 Å². The highest BCUT2D eigenvalue weighted by molar-refractivity contribution is 6.22. The molecule has 4 nitrogen and oxygen atoms in total. The van der Waals surface area contributed by atoms with Crippen molar-refractivity contribution in [1.82, 2.24) is 19.5 Å². The smallest absolute Gasteiger partial charge is 0.164 e. The van der Waals surface area contributed by atoms with Crippen molar-refractivity contribution < 1.29 is 0 Å². The number of rotatable bonds is 7. The highest BCUT2D eigenvalue weighted by Crippen LogP contribution is 2.51. The number of hydrogen-bond acceptors (Lipinski definition) is 3. The molecule has 11 aromatic carbocycles. The Morgan fingerprint density at radius 1 is 0.269 bits per heavy atom. The van der Waals surface area contributed by atoms with Gasteiger partial charge in [0.15, 0.2) is 17.5 Å². The Kier molecular flexibility index (Phi) is 9.14. The van der Waals surface area contributed by atoms with Crippen LogP contribution in [0.15, 0.2) is 243 Å². The monoisotopic (exact) mass is 852 g/mol. The molecular weight excluding hydrogens is 813 g/mol. The molecule has 0 atom stereocenters. The van der Waals surface area contributed by atoms with E-state index in [1.807, 2.05) is 18.2 Å². The molecule has 2 heterocycles. The van der Waals surface area contributed by atoms with Crippen LogP contribution in [0, 0.1) is 0 Å². The minimum absolute atomic E-state index is 0.593. The van der Waals surface area contributed by atoms with E-state index in [-0.39, 0.29) is 0 Å². The molecule has 4 heteroatoms. The van der Waals surface area contributed by atoms with E-state index in [4.69, 9.17) is 15.0 Å². The maximum atomic E-state index is 5.50. The summed E-state index contributed by atoms with van der Waals surface area (Å²) in [6.07, 6.45) is 0. The first-order valence-corrected chi connectivity index (χ1v) is 22.8. The second-order valence-corrected chi connectivity index (χ2v) is 17.1. The van der Waals surface area contributed by atoms with Gasteiger partial charge in [0.25, 0.3) is 0 Å².